The fourth-order valence-electron chi connectivity index (χ4n) is 1.52. The Bertz CT molecular complexity index is 858. The van der Waals surface area contributed by atoms with Gasteiger partial charge in [-0.15, -0.1) is 11.5 Å². The normalized spacial score (nSPS) is 15.2. The zero-order valence-electron chi connectivity index (χ0n) is 20.8. The summed E-state index contributed by atoms with van der Waals surface area (Å²) < 4.78 is 172. The van der Waals surface area contributed by atoms with E-state index >= 15 is 0 Å². The van der Waals surface area contributed by atoms with E-state index < -0.39 is 82.1 Å². The molecule has 0 saturated carbocycles. The van der Waals surface area contributed by atoms with Gasteiger partial charge >= 0.3 is 81.5 Å². The third-order valence-electron chi connectivity index (χ3n) is 4.12. The van der Waals surface area contributed by atoms with Crippen molar-refractivity contribution in [3.63, 3.8) is 0 Å². The number of alkyl halides is 14. The van der Waals surface area contributed by atoms with E-state index in [-0.39, 0.29) is 45.5 Å². The molecule has 0 aromatic carbocycles. The van der Waals surface area contributed by atoms with Gasteiger partial charge in [0.25, 0.3) is 0 Å². The van der Waals surface area contributed by atoms with Gasteiger partial charge in [0.15, 0.2) is 0 Å². The van der Waals surface area contributed by atoms with Gasteiger partial charge in [-0.05, 0) is 23.0 Å². The molecule has 0 rings (SSSR count). The Morgan fingerprint density at radius 3 is 0.795 bits per heavy atom. The zero-order valence-corrected chi connectivity index (χ0v) is 24.3. The number of allylic oxidation sites excluding steroid dienone is 4. The summed E-state index contributed by atoms with van der Waals surface area (Å²) in [7, 11) is 0. The molecule has 0 bridgehead atoms. The molecule has 0 atom stereocenters. The van der Waals surface area contributed by atoms with Crippen molar-refractivity contribution in [3.8, 4) is 0 Å². The van der Waals surface area contributed by atoms with E-state index in [0.29, 0.717) is 0 Å². The monoisotopic (exact) mass is 678 g/mol. The number of ketones is 2. The zero-order chi connectivity index (χ0) is 31.7. The minimum Gasteiger partial charge on any atom is -0.875 e. The number of rotatable bonds is 6. The molecule has 4 nitrogen and oxygen atoms in total. The van der Waals surface area contributed by atoms with E-state index in [2.05, 4.69) is 0 Å². The molecule has 0 aliphatic rings. The summed E-state index contributed by atoms with van der Waals surface area (Å²) in [5.74, 6) is -33.5. The first-order valence-corrected chi connectivity index (χ1v) is 9.62. The Morgan fingerprint density at radius 1 is 0.487 bits per heavy atom. The van der Waals surface area contributed by atoms with Crippen LogP contribution in [0.25, 0.3) is 0 Å². The number of halogens is 14. The summed E-state index contributed by atoms with van der Waals surface area (Å²) >= 11 is 0. The van der Waals surface area contributed by atoms with Crippen molar-refractivity contribution in [1.29, 1.82) is 0 Å². The second-order valence-corrected chi connectivity index (χ2v) is 9.54. The topological polar surface area (TPSA) is 80.3 Å². The van der Waals surface area contributed by atoms with Crippen LogP contribution in [0.15, 0.2) is 23.7 Å². The molecule has 39 heavy (non-hydrogen) atoms. The maximum atomic E-state index is 12.8. The van der Waals surface area contributed by atoms with E-state index in [9.17, 15) is 81.3 Å². The molecule has 0 saturated heterocycles. The van der Waals surface area contributed by atoms with Gasteiger partial charge in [-0.1, -0.05) is 41.5 Å². The SMILES string of the molecule is CC(C)(C)C([O-])=CC(=O)C(F)(F)C(F)(F)C(F)(F)F.CC(C)(C)C([O-])=CC(=O)C(F)(F)C(F)(F)C(F)(F)F.[Sr+2]. The molecule has 0 spiro atoms. The molecule has 224 valence electrons. The van der Waals surface area contributed by atoms with Crippen molar-refractivity contribution in [3.05, 3.63) is 23.7 Å². The molecule has 0 radical (unpaired) electrons. The van der Waals surface area contributed by atoms with Gasteiger partial charge < -0.3 is 10.2 Å². The Hall–Kier alpha value is -1.08. The molecular weight excluding hydrogens is 658 g/mol. The van der Waals surface area contributed by atoms with Gasteiger partial charge in [-0.3, -0.25) is 9.59 Å². The predicted octanol–water partition coefficient (Wildman–Crippen LogP) is 4.98. The van der Waals surface area contributed by atoms with Gasteiger partial charge in [-0.25, -0.2) is 0 Å². The van der Waals surface area contributed by atoms with Crippen molar-refractivity contribution in [2.75, 3.05) is 0 Å². The summed E-state index contributed by atoms with van der Waals surface area (Å²) in [5.41, 5.74) is -2.72. The maximum Gasteiger partial charge on any atom is 2.00 e. The molecule has 0 aromatic rings. The first kappa shape index (κ1) is 42.4. The van der Waals surface area contributed by atoms with Crippen LogP contribution in [0.2, 0.25) is 0 Å². The van der Waals surface area contributed by atoms with E-state index in [0.717, 1.165) is 0 Å². The Labute approximate surface area is 249 Å². The molecule has 19 heteroatoms. The smallest absolute Gasteiger partial charge is 0.875 e. The van der Waals surface area contributed by atoms with E-state index in [1.165, 1.54) is 41.5 Å². The minimum atomic E-state index is -6.61. The van der Waals surface area contributed by atoms with Gasteiger partial charge in [0.2, 0.25) is 11.6 Å². The number of carbonyl (C=O) groups is 2. The minimum absolute atomic E-state index is 0. The van der Waals surface area contributed by atoms with Crippen LogP contribution in [0.3, 0.4) is 0 Å². The van der Waals surface area contributed by atoms with Crippen LogP contribution in [0, 0.1) is 10.8 Å². The summed E-state index contributed by atoms with van der Waals surface area (Å²) in [6, 6.07) is 0. The third-order valence-corrected chi connectivity index (χ3v) is 4.12. The van der Waals surface area contributed by atoms with Crippen LogP contribution >= 0.6 is 0 Å². The van der Waals surface area contributed by atoms with Gasteiger partial charge in [-0.2, -0.15) is 61.5 Å². The summed E-state index contributed by atoms with van der Waals surface area (Å²) in [6.45, 7) is 7.08. The van der Waals surface area contributed by atoms with E-state index in [4.69, 9.17) is 0 Å². The molecule has 0 heterocycles. The standard InChI is InChI=1S/2C10H11F7O2.Sr/c2*1-7(2,3)5(18)4-6(19)8(11,12)9(13,14)10(15,16)17;/h2*4,18H,1-3H3;/q;;+2/p-2. The molecular formula is C20H20F14O4Sr. The van der Waals surface area contributed by atoms with Crippen molar-refractivity contribution >= 4 is 57.0 Å². The number of hydrogen-bond acceptors (Lipinski definition) is 4. The van der Waals surface area contributed by atoms with E-state index in [1.807, 2.05) is 0 Å². The Morgan fingerprint density at radius 2 is 0.667 bits per heavy atom. The maximum absolute atomic E-state index is 12.8. The predicted molar refractivity (Wildman–Crippen MR) is 103 cm³/mol. The van der Waals surface area contributed by atoms with Crippen molar-refractivity contribution in [2.45, 2.75) is 77.6 Å². The largest absolute Gasteiger partial charge is 2.00 e. The molecule has 0 aromatic heterocycles. The quantitative estimate of drug-likeness (QED) is 0.172. The second-order valence-electron chi connectivity index (χ2n) is 9.54. The van der Waals surface area contributed by atoms with Crippen molar-refractivity contribution < 1.29 is 81.3 Å². The van der Waals surface area contributed by atoms with Crippen molar-refractivity contribution in [2.24, 2.45) is 10.8 Å². The fraction of sp³-hybridized carbons (Fsp3) is 0.700. The van der Waals surface area contributed by atoms with Crippen LogP contribution in [0.1, 0.15) is 41.5 Å². The molecule has 0 N–H and O–H groups in total. The van der Waals surface area contributed by atoms with Gasteiger partial charge in [0, 0.05) is 0 Å². The third kappa shape index (κ3) is 10.1. The summed E-state index contributed by atoms with van der Waals surface area (Å²) in [5, 5.41) is 22.3. The van der Waals surface area contributed by atoms with Gasteiger partial charge in [0.1, 0.15) is 0 Å². The second kappa shape index (κ2) is 12.8. The first-order chi connectivity index (χ1) is 16.1. The molecule has 0 fully saturated rings. The summed E-state index contributed by atoms with van der Waals surface area (Å²) in [4.78, 5) is 21.6. The number of hydrogen-bond donors (Lipinski definition) is 0. The Balaban J connectivity index is -0.000000648. The van der Waals surface area contributed by atoms with Gasteiger partial charge in [0.05, 0.1) is 0 Å². The van der Waals surface area contributed by atoms with Crippen LogP contribution in [-0.2, 0) is 9.59 Å². The number of carbonyl (C=O) groups excluding carboxylic acids is 2. The molecule has 0 amide bonds. The van der Waals surface area contributed by atoms with Crippen LogP contribution in [0.4, 0.5) is 61.5 Å². The fourth-order valence-corrected chi connectivity index (χ4v) is 1.52. The van der Waals surface area contributed by atoms with Crippen LogP contribution < -0.4 is 10.2 Å². The Kier molecular flexibility index (Phi) is 14.0. The molecule has 0 aliphatic carbocycles. The average Bonchev–Trinajstić information content (AvgIpc) is 2.64. The average molecular weight is 678 g/mol. The van der Waals surface area contributed by atoms with Crippen LogP contribution in [0.5, 0.6) is 0 Å². The van der Waals surface area contributed by atoms with Crippen LogP contribution in [-0.4, -0.2) is 93.1 Å². The summed E-state index contributed by atoms with van der Waals surface area (Å²) in [6.07, 6.45) is -14.1. The molecule has 0 unspecified atom stereocenters. The molecule has 0 aliphatic heterocycles. The van der Waals surface area contributed by atoms with E-state index in [1.54, 1.807) is 0 Å². The van der Waals surface area contributed by atoms with Crippen molar-refractivity contribution in [1.82, 2.24) is 0 Å². The first-order valence-electron chi connectivity index (χ1n) is 9.62.